The van der Waals surface area contributed by atoms with Crippen molar-refractivity contribution in [3.63, 3.8) is 0 Å². The number of nitrogens with one attached hydrogen (secondary N) is 1. The lowest BCUT2D eigenvalue weighted by molar-refractivity contribution is 0.385. The van der Waals surface area contributed by atoms with Gasteiger partial charge in [0.05, 0.1) is 14.2 Å². The summed E-state index contributed by atoms with van der Waals surface area (Å²) < 4.78 is 36.7. The summed E-state index contributed by atoms with van der Waals surface area (Å²) in [6, 6.07) is 9.09. The Morgan fingerprint density at radius 2 is 1.48 bits per heavy atom. The molecule has 1 atom stereocenters. The first-order valence-corrected chi connectivity index (χ1v) is 6.48. The summed E-state index contributed by atoms with van der Waals surface area (Å²) in [4.78, 5) is 0. The van der Waals surface area contributed by atoms with E-state index in [1.165, 1.54) is 26.4 Å². The zero-order valence-electron chi connectivity index (χ0n) is 12.1. The molecule has 0 bridgehead atoms. The van der Waals surface area contributed by atoms with E-state index in [9.17, 15) is 8.78 Å². The highest BCUT2D eigenvalue weighted by Gasteiger charge is 2.11. The molecule has 0 saturated heterocycles. The van der Waals surface area contributed by atoms with Crippen molar-refractivity contribution in [3.8, 4) is 11.5 Å². The van der Waals surface area contributed by atoms with Crippen LogP contribution in [0.1, 0.15) is 18.5 Å². The molecule has 112 valence electrons. The topological polar surface area (TPSA) is 30.5 Å². The van der Waals surface area contributed by atoms with Crippen LogP contribution in [-0.4, -0.2) is 14.2 Å². The second-order valence-electron chi connectivity index (χ2n) is 4.61. The molecule has 0 spiro atoms. The second kappa shape index (κ2) is 6.43. The third-order valence-electron chi connectivity index (χ3n) is 3.21. The molecule has 0 aliphatic rings. The summed E-state index contributed by atoms with van der Waals surface area (Å²) in [5.41, 5.74) is 1.57. The molecule has 0 saturated carbocycles. The van der Waals surface area contributed by atoms with Crippen molar-refractivity contribution in [1.82, 2.24) is 0 Å². The van der Waals surface area contributed by atoms with Gasteiger partial charge in [0.1, 0.15) is 0 Å². The van der Waals surface area contributed by atoms with Crippen LogP contribution < -0.4 is 14.8 Å². The summed E-state index contributed by atoms with van der Waals surface area (Å²) in [6.45, 7) is 1.92. The Morgan fingerprint density at radius 1 is 0.905 bits per heavy atom. The summed E-state index contributed by atoms with van der Waals surface area (Å²) in [5.74, 6) is -0.460. The van der Waals surface area contributed by atoms with Gasteiger partial charge in [0.2, 0.25) is 0 Å². The summed E-state index contributed by atoms with van der Waals surface area (Å²) in [7, 11) is 2.83. The van der Waals surface area contributed by atoms with Crippen molar-refractivity contribution >= 4 is 5.69 Å². The van der Waals surface area contributed by atoms with E-state index in [-0.39, 0.29) is 17.5 Å². The highest BCUT2D eigenvalue weighted by molar-refractivity contribution is 5.50. The maximum Gasteiger partial charge on any atom is 0.165 e. The molecular formula is C16H17F2NO2. The number of hydrogen-bond donors (Lipinski definition) is 1. The fraction of sp³-hybridized carbons (Fsp3) is 0.250. The quantitative estimate of drug-likeness (QED) is 0.898. The van der Waals surface area contributed by atoms with E-state index in [2.05, 4.69) is 5.32 Å². The smallest absolute Gasteiger partial charge is 0.165 e. The molecule has 2 rings (SSSR count). The molecule has 5 heteroatoms. The Hall–Kier alpha value is -2.30. The third kappa shape index (κ3) is 3.42. The van der Waals surface area contributed by atoms with Crippen LogP contribution in [0.3, 0.4) is 0 Å². The van der Waals surface area contributed by atoms with Crippen LogP contribution in [0.15, 0.2) is 36.4 Å². The zero-order chi connectivity index (χ0) is 15.4. The van der Waals surface area contributed by atoms with Crippen LogP contribution in [-0.2, 0) is 0 Å². The van der Waals surface area contributed by atoms with Gasteiger partial charge in [-0.15, -0.1) is 0 Å². The van der Waals surface area contributed by atoms with Crippen molar-refractivity contribution < 1.29 is 18.3 Å². The first kappa shape index (κ1) is 15.1. The highest BCUT2D eigenvalue weighted by atomic mass is 19.1. The maximum absolute atomic E-state index is 13.4. The number of ether oxygens (including phenoxy) is 2. The lowest BCUT2D eigenvalue weighted by Crippen LogP contribution is -2.07. The number of rotatable bonds is 5. The standard InChI is InChI=1S/C16H17F2NO2/c1-10(11-4-6-13(17)15(8-11)20-2)19-12-5-7-14(18)16(9-12)21-3/h4-10,19H,1-3H3. The van der Waals surface area contributed by atoms with E-state index in [0.717, 1.165) is 5.56 Å². The molecule has 3 nitrogen and oxygen atoms in total. The molecule has 1 unspecified atom stereocenters. The number of halogens is 2. The average molecular weight is 293 g/mol. The Bertz CT molecular complexity index is 632. The highest BCUT2D eigenvalue weighted by Crippen LogP contribution is 2.27. The number of anilines is 1. The lowest BCUT2D eigenvalue weighted by Gasteiger charge is -2.17. The molecule has 0 aliphatic heterocycles. The minimum atomic E-state index is -0.417. The van der Waals surface area contributed by atoms with Crippen molar-refractivity contribution in [1.29, 1.82) is 0 Å². The van der Waals surface area contributed by atoms with Crippen LogP contribution in [0.2, 0.25) is 0 Å². The van der Waals surface area contributed by atoms with Crippen LogP contribution in [0, 0.1) is 11.6 Å². The first-order chi connectivity index (χ1) is 10.0. The molecule has 0 aromatic heterocycles. The molecule has 0 heterocycles. The predicted molar refractivity (Wildman–Crippen MR) is 77.9 cm³/mol. The van der Waals surface area contributed by atoms with E-state index in [1.54, 1.807) is 24.3 Å². The van der Waals surface area contributed by atoms with Gasteiger partial charge in [-0.05, 0) is 36.8 Å². The van der Waals surface area contributed by atoms with Crippen LogP contribution in [0.25, 0.3) is 0 Å². The van der Waals surface area contributed by atoms with Crippen LogP contribution in [0.4, 0.5) is 14.5 Å². The zero-order valence-corrected chi connectivity index (χ0v) is 12.1. The van der Waals surface area contributed by atoms with Gasteiger partial charge in [-0.3, -0.25) is 0 Å². The molecule has 0 aliphatic carbocycles. The van der Waals surface area contributed by atoms with E-state index >= 15 is 0 Å². The minimum Gasteiger partial charge on any atom is -0.494 e. The molecular weight excluding hydrogens is 276 g/mol. The van der Waals surface area contributed by atoms with Crippen molar-refractivity contribution in [3.05, 3.63) is 53.6 Å². The van der Waals surface area contributed by atoms with E-state index < -0.39 is 11.6 Å². The van der Waals surface area contributed by atoms with Crippen LogP contribution in [0.5, 0.6) is 11.5 Å². The molecule has 0 amide bonds. The largest absolute Gasteiger partial charge is 0.494 e. The predicted octanol–water partition coefficient (Wildman–Crippen LogP) is 4.16. The number of benzene rings is 2. The van der Waals surface area contributed by atoms with Gasteiger partial charge in [-0.25, -0.2) is 8.78 Å². The summed E-state index contributed by atoms with van der Waals surface area (Å²) >= 11 is 0. The van der Waals surface area contributed by atoms with Gasteiger partial charge in [-0.1, -0.05) is 6.07 Å². The molecule has 2 aromatic carbocycles. The Kier molecular flexibility index (Phi) is 4.62. The molecule has 2 aromatic rings. The van der Waals surface area contributed by atoms with Gasteiger partial charge in [0.15, 0.2) is 23.1 Å². The maximum atomic E-state index is 13.4. The molecule has 1 N–H and O–H groups in total. The van der Waals surface area contributed by atoms with Crippen molar-refractivity contribution in [2.75, 3.05) is 19.5 Å². The normalized spacial score (nSPS) is 11.9. The number of hydrogen-bond acceptors (Lipinski definition) is 3. The number of methoxy groups -OCH3 is 2. The monoisotopic (exact) mass is 293 g/mol. The van der Waals surface area contributed by atoms with E-state index in [4.69, 9.17) is 9.47 Å². The first-order valence-electron chi connectivity index (χ1n) is 6.48. The SMILES string of the molecule is COc1cc(NC(C)c2ccc(F)c(OC)c2)ccc1F. The Labute approximate surface area is 122 Å². The van der Waals surface area contributed by atoms with Gasteiger partial charge in [0, 0.05) is 17.8 Å². The van der Waals surface area contributed by atoms with E-state index in [1.807, 2.05) is 6.92 Å². The summed E-state index contributed by atoms with van der Waals surface area (Å²) in [5, 5.41) is 3.21. The van der Waals surface area contributed by atoms with Crippen molar-refractivity contribution in [2.45, 2.75) is 13.0 Å². The van der Waals surface area contributed by atoms with Gasteiger partial charge in [-0.2, -0.15) is 0 Å². The molecule has 21 heavy (non-hydrogen) atoms. The van der Waals surface area contributed by atoms with Gasteiger partial charge < -0.3 is 14.8 Å². The average Bonchev–Trinajstić information content (AvgIpc) is 2.49. The van der Waals surface area contributed by atoms with E-state index in [0.29, 0.717) is 5.69 Å². The minimum absolute atomic E-state index is 0.102. The van der Waals surface area contributed by atoms with Crippen molar-refractivity contribution in [2.24, 2.45) is 0 Å². The Balaban J connectivity index is 2.19. The van der Waals surface area contributed by atoms with Gasteiger partial charge in [0.25, 0.3) is 0 Å². The second-order valence-corrected chi connectivity index (χ2v) is 4.61. The van der Waals surface area contributed by atoms with Crippen LogP contribution >= 0.6 is 0 Å². The molecule has 0 fully saturated rings. The fourth-order valence-electron chi connectivity index (χ4n) is 2.03. The lowest BCUT2D eigenvalue weighted by atomic mass is 10.1. The summed E-state index contributed by atoms with van der Waals surface area (Å²) in [6.07, 6.45) is 0. The third-order valence-corrected chi connectivity index (χ3v) is 3.21. The van der Waals surface area contributed by atoms with Gasteiger partial charge >= 0.3 is 0 Å². The molecule has 0 radical (unpaired) electrons. The fourth-order valence-corrected chi connectivity index (χ4v) is 2.03. The Morgan fingerprint density at radius 3 is 2.10 bits per heavy atom.